The first-order chi connectivity index (χ1) is 12.9. The lowest BCUT2D eigenvalue weighted by molar-refractivity contribution is 0.0224. The summed E-state index contributed by atoms with van der Waals surface area (Å²) in [6.45, 7) is 11.9. The van der Waals surface area contributed by atoms with Crippen molar-refractivity contribution in [2.75, 3.05) is 6.54 Å². The highest BCUT2D eigenvalue weighted by molar-refractivity contribution is 5.90. The standard InChI is InChI=1S/C22H30N2O4/c1-21(2,3)27-19(25)23-12-7-8-17(23)15-9-10-18-16(14-15)11-13-24(18)20(26)28-22(4,5)6/h9-11,13-14,17H,7-8,12H2,1-6H3. The quantitative estimate of drug-likeness (QED) is 0.649. The Morgan fingerprint density at radius 2 is 1.61 bits per heavy atom. The molecule has 0 saturated carbocycles. The molecule has 2 heterocycles. The Morgan fingerprint density at radius 1 is 0.964 bits per heavy atom. The monoisotopic (exact) mass is 386 g/mol. The lowest BCUT2D eigenvalue weighted by atomic mass is 10.0. The highest BCUT2D eigenvalue weighted by atomic mass is 16.6. The van der Waals surface area contributed by atoms with Crippen molar-refractivity contribution >= 4 is 23.1 Å². The Morgan fingerprint density at radius 3 is 2.25 bits per heavy atom. The second-order valence-electron chi connectivity index (χ2n) is 9.32. The molecule has 152 valence electrons. The minimum Gasteiger partial charge on any atom is -0.444 e. The fourth-order valence-electron chi connectivity index (χ4n) is 3.49. The molecule has 0 spiro atoms. The molecule has 1 atom stereocenters. The smallest absolute Gasteiger partial charge is 0.418 e. The van der Waals surface area contributed by atoms with Crippen LogP contribution in [-0.4, -0.2) is 39.4 Å². The van der Waals surface area contributed by atoms with E-state index in [1.807, 2.05) is 65.8 Å². The van der Waals surface area contributed by atoms with Crippen molar-refractivity contribution in [1.29, 1.82) is 0 Å². The fourth-order valence-corrected chi connectivity index (χ4v) is 3.49. The maximum atomic E-state index is 12.6. The molecule has 1 aromatic heterocycles. The van der Waals surface area contributed by atoms with E-state index < -0.39 is 17.3 Å². The molecule has 0 radical (unpaired) electrons. The van der Waals surface area contributed by atoms with Gasteiger partial charge in [-0.1, -0.05) is 6.07 Å². The van der Waals surface area contributed by atoms with Crippen LogP contribution >= 0.6 is 0 Å². The Kier molecular flexibility index (Phi) is 5.17. The summed E-state index contributed by atoms with van der Waals surface area (Å²) in [6, 6.07) is 7.83. The van der Waals surface area contributed by atoms with Crippen LogP contribution in [0, 0.1) is 0 Å². The van der Waals surface area contributed by atoms with Crippen LogP contribution in [-0.2, 0) is 9.47 Å². The summed E-state index contributed by atoms with van der Waals surface area (Å²) in [6.07, 6.45) is 2.90. The number of ether oxygens (including phenoxy) is 2. The first-order valence-electron chi connectivity index (χ1n) is 9.79. The van der Waals surface area contributed by atoms with E-state index in [0.29, 0.717) is 6.54 Å². The van der Waals surface area contributed by atoms with Gasteiger partial charge in [0.15, 0.2) is 0 Å². The molecule has 1 aromatic carbocycles. The number of likely N-dealkylation sites (tertiary alicyclic amines) is 1. The van der Waals surface area contributed by atoms with E-state index in [4.69, 9.17) is 9.47 Å². The molecule has 1 saturated heterocycles. The van der Waals surface area contributed by atoms with E-state index in [-0.39, 0.29) is 12.1 Å². The minimum atomic E-state index is -0.550. The van der Waals surface area contributed by atoms with Gasteiger partial charge in [0.1, 0.15) is 11.2 Å². The van der Waals surface area contributed by atoms with Gasteiger partial charge in [0.05, 0.1) is 11.6 Å². The highest BCUT2D eigenvalue weighted by Gasteiger charge is 2.33. The Labute approximate surface area is 166 Å². The predicted molar refractivity (Wildman–Crippen MR) is 108 cm³/mol. The molecule has 0 N–H and O–H groups in total. The zero-order valence-corrected chi connectivity index (χ0v) is 17.6. The molecule has 28 heavy (non-hydrogen) atoms. The van der Waals surface area contributed by atoms with Crippen molar-refractivity contribution in [2.45, 2.75) is 71.6 Å². The number of rotatable bonds is 1. The molecule has 6 heteroatoms. The molecule has 0 bridgehead atoms. The number of carbonyl (C=O) groups is 2. The van der Waals surface area contributed by atoms with Gasteiger partial charge in [0, 0.05) is 18.1 Å². The number of hydrogen-bond acceptors (Lipinski definition) is 4. The number of nitrogens with zero attached hydrogens (tertiary/aromatic N) is 2. The van der Waals surface area contributed by atoms with Gasteiger partial charge in [0.25, 0.3) is 0 Å². The average molecular weight is 386 g/mol. The molecular weight excluding hydrogens is 356 g/mol. The summed E-state index contributed by atoms with van der Waals surface area (Å²) in [5.74, 6) is 0. The predicted octanol–water partition coefficient (Wildman–Crippen LogP) is 5.50. The molecule has 6 nitrogen and oxygen atoms in total. The van der Waals surface area contributed by atoms with E-state index in [1.54, 1.807) is 11.1 Å². The van der Waals surface area contributed by atoms with Crippen molar-refractivity contribution < 1.29 is 19.1 Å². The maximum Gasteiger partial charge on any atom is 0.418 e. The normalized spacial score (nSPS) is 17.8. The Hall–Kier alpha value is -2.50. The molecule has 1 amide bonds. The largest absolute Gasteiger partial charge is 0.444 e. The van der Waals surface area contributed by atoms with Crippen LogP contribution in [0.4, 0.5) is 9.59 Å². The van der Waals surface area contributed by atoms with Gasteiger partial charge in [-0.15, -0.1) is 0 Å². The van der Waals surface area contributed by atoms with Crippen LogP contribution < -0.4 is 0 Å². The topological polar surface area (TPSA) is 60.8 Å². The van der Waals surface area contributed by atoms with Gasteiger partial charge in [-0.05, 0) is 78.1 Å². The summed E-state index contributed by atoms with van der Waals surface area (Å²) in [5, 5.41) is 0.944. The van der Waals surface area contributed by atoms with E-state index in [0.717, 1.165) is 29.3 Å². The first-order valence-corrected chi connectivity index (χ1v) is 9.79. The molecular formula is C22H30N2O4. The van der Waals surface area contributed by atoms with Crippen LogP contribution in [0.5, 0.6) is 0 Å². The lowest BCUT2D eigenvalue weighted by Crippen LogP contribution is -2.36. The zero-order chi connectivity index (χ0) is 20.7. The van der Waals surface area contributed by atoms with Crippen LogP contribution in [0.25, 0.3) is 10.9 Å². The zero-order valence-electron chi connectivity index (χ0n) is 17.6. The molecule has 3 rings (SSSR count). The summed E-state index contributed by atoms with van der Waals surface area (Å²) < 4.78 is 12.6. The second-order valence-corrected chi connectivity index (χ2v) is 9.32. The van der Waals surface area contributed by atoms with Gasteiger partial charge in [-0.2, -0.15) is 0 Å². The van der Waals surface area contributed by atoms with Crippen molar-refractivity contribution in [3.63, 3.8) is 0 Å². The van der Waals surface area contributed by atoms with Gasteiger partial charge in [-0.3, -0.25) is 4.57 Å². The number of fused-ring (bicyclic) bond motifs is 1. The van der Waals surface area contributed by atoms with Crippen molar-refractivity contribution in [3.8, 4) is 0 Å². The van der Waals surface area contributed by atoms with E-state index in [9.17, 15) is 9.59 Å². The second kappa shape index (κ2) is 7.15. The van der Waals surface area contributed by atoms with Gasteiger partial charge >= 0.3 is 12.2 Å². The first kappa shape index (κ1) is 20.2. The molecule has 1 unspecified atom stereocenters. The Balaban J connectivity index is 1.85. The molecule has 1 aliphatic heterocycles. The van der Waals surface area contributed by atoms with Crippen LogP contribution in [0.3, 0.4) is 0 Å². The Bertz CT molecular complexity index is 886. The fraction of sp³-hybridized carbons (Fsp3) is 0.545. The van der Waals surface area contributed by atoms with Crippen LogP contribution in [0.15, 0.2) is 30.5 Å². The van der Waals surface area contributed by atoms with Crippen molar-refractivity contribution in [2.24, 2.45) is 0 Å². The van der Waals surface area contributed by atoms with Gasteiger partial charge in [-0.25, -0.2) is 9.59 Å². The van der Waals surface area contributed by atoms with Crippen LogP contribution in [0.1, 0.15) is 66.0 Å². The van der Waals surface area contributed by atoms with Gasteiger partial charge in [0.2, 0.25) is 0 Å². The maximum absolute atomic E-state index is 12.6. The third-order valence-corrected chi connectivity index (χ3v) is 4.57. The number of carbonyl (C=O) groups excluding carboxylic acids is 2. The van der Waals surface area contributed by atoms with Crippen molar-refractivity contribution in [1.82, 2.24) is 9.47 Å². The summed E-state index contributed by atoms with van der Waals surface area (Å²) in [4.78, 5) is 26.8. The van der Waals surface area contributed by atoms with Crippen molar-refractivity contribution in [3.05, 3.63) is 36.0 Å². The SMILES string of the molecule is CC(C)(C)OC(=O)N1CCCC1c1ccc2c(ccn2C(=O)OC(C)(C)C)c1. The number of aromatic nitrogens is 1. The number of benzene rings is 1. The molecule has 2 aromatic rings. The summed E-state index contributed by atoms with van der Waals surface area (Å²) >= 11 is 0. The van der Waals surface area contributed by atoms with Crippen LogP contribution in [0.2, 0.25) is 0 Å². The summed E-state index contributed by atoms with van der Waals surface area (Å²) in [7, 11) is 0. The third-order valence-electron chi connectivity index (χ3n) is 4.57. The molecule has 1 fully saturated rings. The number of amides is 1. The summed E-state index contributed by atoms with van der Waals surface area (Å²) in [5.41, 5.74) is 0.780. The van der Waals surface area contributed by atoms with E-state index in [1.165, 1.54) is 4.57 Å². The molecule has 1 aliphatic rings. The number of hydrogen-bond donors (Lipinski definition) is 0. The average Bonchev–Trinajstić information content (AvgIpc) is 3.18. The lowest BCUT2D eigenvalue weighted by Gasteiger charge is -2.29. The third kappa shape index (κ3) is 4.49. The van der Waals surface area contributed by atoms with E-state index >= 15 is 0 Å². The van der Waals surface area contributed by atoms with Gasteiger partial charge < -0.3 is 14.4 Å². The molecule has 0 aliphatic carbocycles. The highest BCUT2D eigenvalue weighted by Crippen LogP contribution is 2.34. The minimum absolute atomic E-state index is 0.0101. The van der Waals surface area contributed by atoms with E-state index in [2.05, 4.69) is 0 Å².